The molecule has 0 N–H and O–H groups in total. The maximum Gasteiger partial charge on any atom is 0.416 e. The zero-order valence-electron chi connectivity index (χ0n) is 35.8. The summed E-state index contributed by atoms with van der Waals surface area (Å²) in [6, 6.07) is 18.2. The van der Waals surface area contributed by atoms with Gasteiger partial charge in [-0.25, -0.2) is 0 Å². The molecule has 0 heterocycles. The van der Waals surface area contributed by atoms with Crippen molar-refractivity contribution in [1.82, 2.24) is 0 Å². The molecule has 8 rings (SSSR count). The van der Waals surface area contributed by atoms with E-state index in [1.807, 2.05) is 104 Å². The van der Waals surface area contributed by atoms with Gasteiger partial charge >= 0.3 is 24.7 Å². The molecule has 4 fully saturated rings. The van der Waals surface area contributed by atoms with Gasteiger partial charge in [0.1, 0.15) is 0 Å². The Balaban J connectivity index is 0.000000744. The number of rotatable bonds is 9. The van der Waals surface area contributed by atoms with Gasteiger partial charge in [-0.05, 0) is 223 Å². The van der Waals surface area contributed by atoms with Gasteiger partial charge in [-0.2, -0.15) is 52.7 Å². The minimum atomic E-state index is -4.61. The van der Waals surface area contributed by atoms with Crippen LogP contribution >= 0.6 is 15.8 Å². The quantitative estimate of drug-likeness (QED) is 0.0890. The van der Waals surface area contributed by atoms with Crippen LogP contribution in [0.15, 0.2) is 97.1 Å². The van der Waals surface area contributed by atoms with Crippen molar-refractivity contribution >= 4 is 37.1 Å². The monoisotopic (exact) mass is 1070 g/mol. The molecule has 68 heavy (non-hydrogen) atoms. The van der Waals surface area contributed by atoms with Crippen LogP contribution in [0.3, 0.4) is 0 Å². The fraction of sp³-hybridized carbons (Fsp3) is 0.154. The van der Waals surface area contributed by atoms with Crippen molar-refractivity contribution in [2.45, 2.75) is 49.9 Å². The molecule has 4 aliphatic carbocycles. The molecule has 4 aromatic rings. The molecule has 0 saturated heterocycles. The summed E-state index contributed by atoms with van der Waals surface area (Å²) in [5, 5.41) is 1.99. The van der Waals surface area contributed by atoms with Crippen molar-refractivity contribution < 1.29 is 86.8 Å². The van der Waals surface area contributed by atoms with Crippen LogP contribution in [-0.4, -0.2) is 11.3 Å². The minimum Gasteiger partial charge on any atom is -0.166 e. The fourth-order valence-corrected chi connectivity index (χ4v) is 12.7. The Labute approximate surface area is 417 Å². The van der Waals surface area contributed by atoms with Crippen LogP contribution in [0.1, 0.15) is 36.1 Å². The van der Waals surface area contributed by atoms with Crippen molar-refractivity contribution in [2.75, 3.05) is 0 Å². The summed E-state index contributed by atoms with van der Waals surface area (Å²) >= 11 is 0. The summed E-state index contributed by atoms with van der Waals surface area (Å²) < 4.78 is 162. The number of halogens is 12. The van der Waals surface area contributed by atoms with Crippen molar-refractivity contribution in [3.63, 3.8) is 0 Å². The molecular formula is C52H40F12Fe2P2. The van der Waals surface area contributed by atoms with Crippen molar-refractivity contribution in [3.8, 4) is 0 Å². The number of hydrogen-bond acceptors (Lipinski definition) is 0. The van der Waals surface area contributed by atoms with E-state index in [2.05, 4.69) is 0 Å². The SMILES string of the molecule is C[C@@H]([C]1[CH][CH][CH][C]1[C]1[CH][CH][CH][C]1[C@H](C)P(c1ccc(C(F)(F)F)cc1)c1ccc(C(F)(F)F)cc1)P(c1ccc(C(F)(F)F)cc1)c1ccc(C(F)(F)F)cc1.[CH]1[CH][CH][CH][CH]1.[CH]1[CH][CH][CH][CH]1.[Fe].[Fe]. The third kappa shape index (κ3) is 15.5. The largest absolute Gasteiger partial charge is 0.416 e. The van der Waals surface area contributed by atoms with E-state index >= 15 is 0 Å². The van der Waals surface area contributed by atoms with Crippen LogP contribution in [0.4, 0.5) is 52.7 Å². The van der Waals surface area contributed by atoms with E-state index in [0.717, 1.165) is 72.2 Å². The topological polar surface area (TPSA) is 0 Å². The van der Waals surface area contributed by atoms with E-state index in [1.165, 1.54) is 48.5 Å². The van der Waals surface area contributed by atoms with Crippen molar-refractivity contribution in [2.24, 2.45) is 0 Å². The van der Waals surface area contributed by atoms with E-state index < -0.39 is 74.1 Å². The fourth-order valence-electron chi connectivity index (χ4n) is 7.44. The molecule has 0 unspecified atom stereocenters. The van der Waals surface area contributed by atoms with Crippen LogP contribution < -0.4 is 21.2 Å². The third-order valence-corrected chi connectivity index (χ3v) is 16.2. The molecule has 20 radical (unpaired) electrons. The zero-order valence-corrected chi connectivity index (χ0v) is 39.8. The van der Waals surface area contributed by atoms with Crippen LogP contribution in [0.5, 0.6) is 0 Å². The molecule has 0 amide bonds. The van der Waals surface area contributed by atoms with Gasteiger partial charge in [0.05, 0.1) is 22.3 Å². The molecule has 0 aliphatic heterocycles. The van der Waals surface area contributed by atoms with E-state index in [-0.39, 0.29) is 34.1 Å². The Morgan fingerprint density at radius 3 is 0.662 bits per heavy atom. The van der Waals surface area contributed by atoms with Gasteiger partial charge in [0, 0.05) is 34.1 Å². The van der Waals surface area contributed by atoms with Gasteiger partial charge in [0.15, 0.2) is 0 Å². The van der Waals surface area contributed by atoms with Gasteiger partial charge < -0.3 is 0 Å². The normalized spacial score (nSPS) is 18.6. The first-order valence-corrected chi connectivity index (χ1v) is 23.1. The Morgan fingerprint density at radius 1 is 0.294 bits per heavy atom. The van der Waals surface area contributed by atoms with E-state index in [1.54, 1.807) is 12.8 Å². The molecule has 0 bridgehead atoms. The predicted molar refractivity (Wildman–Crippen MR) is 239 cm³/mol. The number of hydrogen-bond donors (Lipinski definition) is 0. The molecule has 4 saturated carbocycles. The van der Waals surface area contributed by atoms with Gasteiger partial charge in [-0.15, -0.1) is 0 Å². The number of benzene rings is 4. The maximum absolute atomic E-state index is 13.5. The van der Waals surface area contributed by atoms with Gasteiger partial charge in [-0.3, -0.25) is 0 Å². The Kier molecular flexibility index (Phi) is 22.0. The van der Waals surface area contributed by atoms with Gasteiger partial charge in [0.25, 0.3) is 0 Å². The summed E-state index contributed by atoms with van der Waals surface area (Å²) in [4.78, 5) is 0. The second-order valence-electron chi connectivity index (χ2n) is 15.0. The summed E-state index contributed by atoms with van der Waals surface area (Å²) in [6.45, 7) is 3.70. The van der Waals surface area contributed by atoms with E-state index in [9.17, 15) is 52.7 Å². The summed E-state index contributed by atoms with van der Waals surface area (Å²) in [5.41, 5.74) is -4.41. The standard InChI is InChI=1S/C42H30F12P2.2C5H5.2Fe/c1-25(55(31-17-9-27(10-18-31)39(43,44)45)32-19-11-28(12-20-32)40(46,47)48)35-5-3-7-37(35)38-8-4-6-36(38)26(2)56(33-21-13-29(14-22-33)41(49,50)51)34-23-15-30(16-24-34)42(52,53)54;2*1-2-4-5-3-1;;/h3-26H,1-2H3;2*1-5H;;/t25-,26-;;;;/m0..../s1. The Bertz CT molecular complexity index is 1800. The van der Waals surface area contributed by atoms with Crippen molar-refractivity contribution in [1.29, 1.82) is 0 Å². The maximum atomic E-state index is 13.5. The molecule has 0 aromatic heterocycles. The van der Waals surface area contributed by atoms with Crippen LogP contribution in [0, 0.1) is 126 Å². The van der Waals surface area contributed by atoms with Crippen LogP contribution in [0.2, 0.25) is 0 Å². The average Bonchev–Trinajstić information content (AvgIpc) is 4.13. The molecule has 4 aromatic carbocycles. The summed E-state index contributed by atoms with van der Waals surface area (Å²) in [5.74, 6) is 2.96. The zero-order chi connectivity index (χ0) is 47.9. The Hall–Kier alpha value is -2.06. The summed E-state index contributed by atoms with van der Waals surface area (Å²) in [7, 11) is -3.20. The number of alkyl halides is 12. The molecule has 358 valence electrons. The third-order valence-electron chi connectivity index (χ3n) is 10.7. The first kappa shape index (κ1) is 58.5. The predicted octanol–water partition coefficient (Wildman–Crippen LogP) is 13.7. The Morgan fingerprint density at radius 2 is 0.485 bits per heavy atom. The smallest absolute Gasteiger partial charge is 0.166 e. The summed E-state index contributed by atoms with van der Waals surface area (Å²) in [6.07, 6.45) is 12.5. The molecular weight excluding hydrogens is 1030 g/mol. The molecule has 2 atom stereocenters. The second kappa shape index (κ2) is 25.5. The minimum absolute atomic E-state index is 0. The second-order valence-corrected chi connectivity index (χ2v) is 20.1. The van der Waals surface area contributed by atoms with Crippen LogP contribution in [-0.2, 0) is 58.8 Å². The van der Waals surface area contributed by atoms with Gasteiger partial charge in [-0.1, -0.05) is 62.4 Å². The van der Waals surface area contributed by atoms with Crippen LogP contribution in [0.25, 0.3) is 0 Å². The molecule has 0 nitrogen and oxygen atoms in total. The molecule has 16 heteroatoms. The first-order valence-electron chi connectivity index (χ1n) is 20.3. The van der Waals surface area contributed by atoms with Crippen molar-refractivity contribution in [3.05, 3.63) is 246 Å². The first-order chi connectivity index (χ1) is 31.1. The van der Waals surface area contributed by atoms with Gasteiger partial charge in [0.2, 0.25) is 0 Å². The molecule has 0 spiro atoms. The molecule has 4 aliphatic rings. The van der Waals surface area contributed by atoms with E-state index in [0.29, 0.717) is 21.2 Å². The average molecular weight is 1070 g/mol. The van der Waals surface area contributed by atoms with E-state index in [4.69, 9.17) is 0 Å².